The summed E-state index contributed by atoms with van der Waals surface area (Å²) >= 11 is 0. The minimum atomic E-state index is -0.333. The van der Waals surface area contributed by atoms with E-state index in [9.17, 15) is 19.2 Å². The number of fused-ring (bicyclic) bond motifs is 2. The Morgan fingerprint density at radius 1 is 0.963 bits per heavy atom. The fraction of sp³-hybridized carbons (Fsp3) is 0.425. The van der Waals surface area contributed by atoms with Crippen LogP contribution >= 0.6 is 0 Å². The van der Waals surface area contributed by atoms with Gasteiger partial charge in [0.05, 0.1) is 36.0 Å². The van der Waals surface area contributed by atoms with Gasteiger partial charge < -0.3 is 19.4 Å². The highest BCUT2D eigenvalue weighted by Gasteiger charge is 2.30. The third-order valence-electron chi connectivity index (χ3n) is 11.0. The Kier molecular flexibility index (Phi) is 9.84. The van der Waals surface area contributed by atoms with Gasteiger partial charge in [-0.25, -0.2) is 14.5 Å². The van der Waals surface area contributed by atoms with Crippen molar-refractivity contribution in [2.24, 2.45) is 0 Å². The van der Waals surface area contributed by atoms with Crippen LogP contribution in [0.15, 0.2) is 67.4 Å². The van der Waals surface area contributed by atoms with E-state index in [4.69, 9.17) is 9.72 Å². The van der Waals surface area contributed by atoms with Crippen LogP contribution in [0.3, 0.4) is 0 Å². The van der Waals surface area contributed by atoms with Crippen LogP contribution < -0.4 is 15.4 Å². The molecule has 3 saturated heterocycles. The number of hydrogen-bond acceptors (Lipinski definition) is 9. The van der Waals surface area contributed by atoms with E-state index in [1.165, 1.54) is 5.56 Å². The molecule has 1 atom stereocenters. The second-order valence-corrected chi connectivity index (χ2v) is 14.9. The van der Waals surface area contributed by atoms with Crippen molar-refractivity contribution in [2.75, 3.05) is 38.0 Å². The van der Waals surface area contributed by atoms with Crippen LogP contribution in [0.1, 0.15) is 97.3 Å². The zero-order chi connectivity index (χ0) is 37.3. The number of pyridine rings is 1. The Morgan fingerprint density at radius 3 is 2.44 bits per heavy atom. The van der Waals surface area contributed by atoms with Gasteiger partial charge in [-0.1, -0.05) is 24.3 Å². The highest BCUT2D eigenvalue weighted by molar-refractivity contribution is 6.07. The van der Waals surface area contributed by atoms with Crippen molar-refractivity contribution in [1.82, 2.24) is 39.1 Å². The topological polar surface area (TPSA) is 156 Å². The number of amides is 4. The summed E-state index contributed by atoms with van der Waals surface area (Å²) in [5, 5.41) is 9.65. The van der Waals surface area contributed by atoms with Gasteiger partial charge in [-0.05, 0) is 82.2 Å². The maximum atomic E-state index is 13.6. The Morgan fingerprint density at radius 2 is 1.70 bits per heavy atom. The van der Waals surface area contributed by atoms with E-state index in [0.29, 0.717) is 66.7 Å². The van der Waals surface area contributed by atoms with E-state index < -0.39 is 0 Å². The normalized spacial score (nSPS) is 19.1. The molecular formula is C40H45N9O5. The van der Waals surface area contributed by atoms with Crippen LogP contribution in [-0.2, 0) is 14.4 Å². The Balaban J connectivity index is 0.849. The maximum absolute atomic E-state index is 13.6. The summed E-state index contributed by atoms with van der Waals surface area (Å²) in [6, 6.07) is 11.9. The monoisotopic (exact) mass is 731 g/mol. The minimum absolute atomic E-state index is 0.147. The minimum Gasteiger partial charge on any atom is -0.490 e. The van der Waals surface area contributed by atoms with E-state index >= 15 is 0 Å². The average Bonchev–Trinajstić information content (AvgIpc) is 3.78. The Labute approximate surface area is 312 Å². The summed E-state index contributed by atoms with van der Waals surface area (Å²) in [7, 11) is 0. The number of imidazole rings is 1. The number of nitrogens with zero attached hydrogens (tertiary/aromatic N) is 7. The Hall–Kier alpha value is -5.63. The summed E-state index contributed by atoms with van der Waals surface area (Å²) in [4.78, 5) is 64.3. The van der Waals surface area contributed by atoms with E-state index in [2.05, 4.69) is 37.7 Å². The van der Waals surface area contributed by atoms with Crippen LogP contribution in [0.5, 0.6) is 5.75 Å². The van der Waals surface area contributed by atoms with Crippen molar-refractivity contribution in [2.45, 2.75) is 76.2 Å². The molecule has 0 bridgehead atoms. The van der Waals surface area contributed by atoms with Crippen LogP contribution in [0.25, 0.3) is 11.3 Å². The SMILES string of the molecule is CC(C)Oc1cc2nc(C3CCN(C(=O)CN4CCC(c5ccc(C6CCC(=O)NC6=O)cc5)CC4)CC3)cn2cc1C(=O)Nc1cnn2cccnc12. The van der Waals surface area contributed by atoms with Crippen molar-refractivity contribution >= 4 is 40.6 Å². The molecule has 2 N–H and O–H groups in total. The molecule has 4 amide bonds. The second-order valence-electron chi connectivity index (χ2n) is 14.9. The molecule has 54 heavy (non-hydrogen) atoms. The summed E-state index contributed by atoms with van der Waals surface area (Å²) < 4.78 is 9.56. The highest BCUT2D eigenvalue weighted by Crippen LogP contribution is 2.33. The lowest BCUT2D eigenvalue weighted by Crippen LogP contribution is -2.45. The molecule has 0 aliphatic carbocycles. The molecule has 4 aromatic heterocycles. The first-order chi connectivity index (χ1) is 26.2. The van der Waals surface area contributed by atoms with Crippen LogP contribution in [0.2, 0.25) is 0 Å². The van der Waals surface area contributed by atoms with Gasteiger partial charge in [-0.15, -0.1) is 0 Å². The van der Waals surface area contributed by atoms with Crippen molar-refractivity contribution in [3.05, 3.63) is 89.8 Å². The molecule has 0 radical (unpaired) electrons. The lowest BCUT2D eigenvalue weighted by atomic mass is 9.86. The smallest absolute Gasteiger partial charge is 0.261 e. The predicted octanol–water partition coefficient (Wildman–Crippen LogP) is 4.52. The van der Waals surface area contributed by atoms with E-state index in [-0.39, 0.29) is 41.6 Å². The summed E-state index contributed by atoms with van der Waals surface area (Å²) in [6.07, 6.45) is 13.1. The van der Waals surface area contributed by atoms with Crippen molar-refractivity contribution in [3.63, 3.8) is 0 Å². The second kappa shape index (κ2) is 15.0. The first-order valence-corrected chi connectivity index (χ1v) is 18.9. The molecule has 3 aliphatic heterocycles. The standard InChI is InChI=1S/C40H45N9O5/c1-25(2)54-34-20-35-43-33(23-48(35)22-31(34)40(53)44-32-21-42-49-15-3-14-41-38(32)49)29-12-18-47(19-13-29)37(51)24-46-16-10-27(11-17-46)26-4-6-28(7-5-26)30-8-9-36(50)45-39(30)52/h3-7,14-15,20-23,25,27,29-30H,8-13,16-19,24H2,1-2H3,(H,44,53)(H,45,50,52). The summed E-state index contributed by atoms with van der Waals surface area (Å²) in [6.45, 7) is 7.34. The summed E-state index contributed by atoms with van der Waals surface area (Å²) in [5.41, 5.74) is 5.28. The highest BCUT2D eigenvalue weighted by atomic mass is 16.5. The Bertz CT molecular complexity index is 2190. The fourth-order valence-corrected chi connectivity index (χ4v) is 8.01. The number of hydrogen-bond donors (Lipinski definition) is 2. The molecule has 3 aliphatic rings. The number of benzene rings is 1. The molecule has 1 unspecified atom stereocenters. The first-order valence-electron chi connectivity index (χ1n) is 18.9. The molecule has 0 saturated carbocycles. The van der Waals surface area contributed by atoms with Gasteiger partial charge in [-0.3, -0.25) is 29.4 Å². The number of likely N-dealkylation sites (tertiary alicyclic amines) is 2. The van der Waals surface area contributed by atoms with Gasteiger partial charge in [-0.2, -0.15) is 5.10 Å². The number of carbonyl (C=O) groups is 4. The van der Waals surface area contributed by atoms with Gasteiger partial charge in [0.1, 0.15) is 17.1 Å². The predicted molar refractivity (Wildman–Crippen MR) is 200 cm³/mol. The molecule has 8 rings (SSSR count). The van der Waals surface area contributed by atoms with Crippen LogP contribution in [-0.4, -0.2) is 96.2 Å². The lowest BCUT2D eigenvalue weighted by molar-refractivity contribution is -0.135. The molecule has 0 spiro atoms. The van der Waals surface area contributed by atoms with Gasteiger partial charge >= 0.3 is 0 Å². The van der Waals surface area contributed by atoms with E-state index in [1.54, 1.807) is 35.4 Å². The first kappa shape index (κ1) is 35.4. The zero-order valence-corrected chi connectivity index (χ0v) is 30.6. The number of nitrogens with one attached hydrogen (secondary N) is 2. The van der Waals surface area contributed by atoms with Gasteiger partial charge in [0.25, 0.3) is 5.91 Å². The number of ether oxygens (including phenoxy) is 1. The fourth-order valence-electron chi connectivity index (χ4n) is 8.01. The number of piperidine rings is 3. The number of carbonyl (C=O) groups excluding carboxylic acids is 4. The van der Waals surface area contributed by atoms with Crippen molar-refractivity contribution in [3.8, 4) is 5.75 Å². The third kappa shape index (κ3) is 7.43. The number of imide groups is 1. The molecule has 14 nitrogen and oxygen atoms in total. The molecule has 7 heterocycles. The molecule has 14 heteroatoms. The van der Waals surface area contributed by atoms with E-state index in [1.807, 2.05) is 47.5 Å². The number of rotatable bonds is 9. The van der Waals surface area contributed by atoms with Crippen molar-refractivity contribution in [1.29, 1.82) is 0 Å². The lowest BCUT2D eigenvalue weighted by Gasteiger charge is -2.35. The van der Waals surface area contributed by atoms with Crippen LogP contribution in [0.4, 0.5) is 5.69 Å². The average molecular weight is 732 g/mol. The number of aromatic nitrogens is 5. The number of anilines is 1. The maximum Gasteiger partial charge on any atom is 0.261 e. The molecular weight excluding hydrogens is 686 g/mol. The molecule has 1 aromatic carbocycles. The summed E-state index contributed by atoms with van der Waals surface area (Å²) in [5.74, 6) is 0.223. The molecule has 5 aromatic rings. The van der Waals surface area contributed by atoms with Crippen molar-refractivity contribution < 1.29 is 23.9 Å². The quantitative estimate of drug-likeness (QED) is 0.208. The van der Waals surface area contributed by atoms with Gasteiger partial charge in [0, 0.05) is 56.3 Å². The van der Waals surface area contributed by atoms with Gasteiger partial charge in [0.2, 0.25) is 17.7 Å². The largest absolute Gasteiger partial charge is 0.490 e. The van der Waals surface area contributed by atoms with E-state index in [0.717, 1.165) is 50.0 Å². The molecule has 3 fully saturated rings. The third-order valence-corrected chi connectivity index (χ3v) is 11.0. The zero-order valence-electron chi connectivity index (χ0n) is 30.6. The van der Waals surface area contributed by atoms with Gasteiger partial charge in [0.15, 0.2) is 5.65 Å². The molecule has 280 valence electrons. The van der Waals surface area contributed by atoms with Crippen LogP contribution in [0, 0.1) is 0 Å².